The predicted molar refractivity (Wildman–Crippen MR) is 81.3 cm³/mol. The summed E-state index contributed by atoms with van der Waals surface area (Å²) in [5, 5.41) is 0.709. The van der Waals surface area contributed by atoms with Crippen molar-refractivity contribution in [2.45, 2.75) is 39.9 Å². The molecule has 0 bridgehead atoms. The molecule has 0 aliphatic heterocycles. The van der Waals surface area contributed by atoms with Crippen LogP contribution in [0.1, 0.15) is 20.3 Å². The van der Waals surface area contributed by atoms with Gasteiger partial charge >= 0.3 is 11.9 Å². The first-order chi connectivity index (χ1) is 9.73. The van der Waals surface area contributed by atoms with Gasteiger partial charge in [-0.1, -0.05) is 25.7 Å². The Bertz CT molecular complexity index is 461. The lowest BCUT2D eigenvalue weighted by Gasteiger charge is -2.31. The largest absolute Gasteiger partial charge is 0.466 e. The number of Topliss-reactive ketones (excluding diaryl/α,β-unsaturated/α-hetero) is 1. The molecule has 0 spiro atoms. The number of carbonyl (C=O) groups is 3. The minimum absolute atomic E-state index is 0.185. The zero-order valence-electron chi connectivity index (χ0n) is 13.4. The summed E-state index contributed by atoms with van der Waals surface area (Å²) in [6.07, 6.45) is 2.17. The molecular weight excluding hydrogens is 288 g/mol. The van der Waals surface area contributed by atoms with Crippen LogP contribution in [0.2, 0.25) is 19.6 Å². The molecule has 0 amide bonds. The fourth-order valence-corrected chi connectivity index (χ4v) is 4.12. The number of ketones is 1. The van der Waals surface area contributed by atoms with E-state index in [1.165, 1.54) is 0 Å². The van der Waals surface area contributed by atoms with Gasteiger partial charge in [0.15, 0.2) is 5.78 Å². The summed E-state index contributed by atoms with van der Waals surface area (Å²) in [6, 6.07) is 0. The fourth-order valence-electron chi connectivity index (χ4n) is 2.49. The molecule has 6 heteroatoms. The maximum atomic E-state index is 12.7. The Labute approximate surface area is 126 Å². The normalized spacial score (nSPS) is 22.5. The zero-order chi connectivity index (χ0) is 16.2. The first-order valence-electron chi connectivity index (χ1n) is 7.32. The summed E-state index contributed by atoms with van der Waals surface area (Å²) in [6.45, 7) is 9.93. The van der Waals surface area contributed by atoms with Gasteiger partial charge in [-0.2, -0.15) is 0 Å². The Balaban J connectivity index is 3.15. The van der Waals surface area contributed by atoms with E-state index in [0.717, 1.165) is 0 Å². The van der Waals surface area contributed by atoms with Crippen molar-refractivity contribution in [3.8, 4) is 0 Å². The van der Waals surface area contributed by atoms with Gasteiger partial charge in [0, 0.05) is 0 Å². The molecule has 5 nitrogen and oxygen atoms in total. The molecule has 2 atom stereocenters. The molecule has 0 unspecified atom stereocenters. The van der Waals surface area contributed by atoms with E-state index in [-0.39, 0.29) is 19.0 Å². The smallest absolute Gasteiger partial charge is 0.317 e. The van der Waals surface area contributed by atoms with Crippen LogP contribution in [0.4, 0.5) is 0 Å². The summed E-state index contributed by atoms with van der Waals surface area (Å²) in [5.41, 5.74) is 0. The minimum atomic E-state index is -1.86. The average Bonchev–Trinajstić information content (AvgIpc) is 2.37. The van der Waals surface area contributed by atoms with Gasteiger partial charge in [0.25, 0.3) is 0 Å². The lowest BCUT2D eigenvalue weighted by Crippen LogP contribution is -2.45. The van der Waals surface area contributed by atoms with Crippen molar-refractivity contribution in [3.63, 3.8) is 0 Å². The number of ether oxygens (including phenoxy) is 2. The molecule has 1 aliphatic rings. The molecule has 0 saturated heterocycles. The molecule has 0 radical (unpaired) electrons. The molecule has 21 heavy (non-hydrogen) atoms. The van der Waals surface area contributed by atoms with Crippen LogP contribution in [0, 0.1) is 11.8 Å². The van der Waals surface area contributed by atoms with Crippen molar-refractivity contribution in [1.29, 1.82) is 0 Å². The molecule has 0 aromatic carbocycles. The van der Waals surface area contributed by atoms with Crippen molar-refractivity contribution in [1.82, 2.24) is 0 Å². The van der Waals surface area contributed by atoms with Crippen molar-refractivity contribution < 1.29 is 23.9 Å². The highest BCUT2D eigenvalue weighted by atomic mass is 28.3. The minimum Gasteiger partial charge on any atom is -0.466 e. The third-order valence-corrected chi connectivity index (χ3v) is 5.53. The van der Waals surface area contributed by atoms with Crippen LogP contribution in [0.15, 0.2) is 11.3 Å². The Hall–Kier alpha value is -1.43. The van der Waals surface area contributed by atoms with E-state index in [9.17, 15) is 14.4 Å². The number of esters is 2. The third-order valence-electron chi connectivity index (χ3n) is 3.46. The van der Waals surface area contributed by atoms with Crippen LogP contribution in [0.5, 0.6) is 0 Å². The second-order valence-corrected chi connectivity index (χ2v) is 11.1. The van der Waals surface area contributed by atoms with E-state index in [2.05, 4.69) is 0 Å². The Morgan fingerprint density at radius 1 is 1.14 bits per heavy atom. The molecule has 0 fully saturated rings. The summed E-state index contributed by atoms with van der Waals surface area (Å²) >= 11 is 0. The van der Waals surface area contributed by atoms with Gasteiger partial charge in [0.1, 0.15) is 5.92 Å². The molecule has 0 N–H and O–H groups in total. The Morgan fingerprint density at radius 3 is 2.14 bits per heavy atom. The molecule has 118 valence electrons. The van der Waals surface area contributed by atoms with E-state index < -0.39 is 31.8 Å². The van der Waals surface area contributed by atoms with Gasteiger partial charge < -0.3 is 9.47 Å². The molecular formula is C15H24O5Si. The van der Waals surface area contributed by atoms with Crippen molar-refractivity contribution in [2.24, 2.45) is 11.8 Å². The van der Waals surface area contributed by atoms with E-state index >= 15 is 0 Å². The first kappa shape index (κ1) is 17.6. The van der Waals surface area contributed by atoms with Crippen LogP contribution in [-0.2, 0) is 23.9 Å². The third kappa shape index (κ3) is 4.03. The fraction of sp³-hybridized carbons (Fsp3) is 0.667. The van der Waals surface area contributed by atoms with Gasteiger partial charge in [-0.3, -0.25) is 14.4 Å². The summed E-state index contributed by atoms with van der Waals surface area (Å²) < 4.78 is 9.98. The molecule has 0 saturated carbocycles. The summed E-state index contributed by atoms with van der Waals surface area (Å²) in [5.74, 6) is -3.22. The highest BCUT2D eigenvalue weighted by Gasteiger charge is 2.46. The summed E-state index contributed by atoms with van der Waals surface area (Å²) in [4.78, 5) is 36.8. The standard InChI is InChI=1S/C15H24O5Si/c1-6-19-14(17)10-8-9-11(21(3,4)5)13(16)12(10)15(18)20-7-2/h9-10,12H,6-8H2,1-5H3/t10-,12+/m1/s1. The SMILES string of the molecule is CCOC(=O)[C@@H]1C(=O)C([Si](C)(C)C)=CC[C@H]1C(=O)OCC. The maximum absolute atomic E-state index is 12.7. The summed E-state index contributed by atoms with van der Waals surface area (Å²) in [7, 11) is -1.86. The van der Waals surface area contributed by atoms with Gasteiger partial charge in [-0.15, -0.1) is 0 Å². The molecule has 0 heterocycles. The Morgan fingerprint density at radius 2 is 1.67 bits per heavy atom. The van der Waals surface area contributed by atoms with Crippen LogP contribution >= 0.6 is 0 Å². The zero-order valence-corrected chi connectivity index (χ0v) is 14.4. The van der Waals surface area contributed by atoms with Crippen LogP contribution < -0.4 is 0 Å². The van der Waals surface area contributed by atoms with Crippen LogP contribution in [-0.4, -0.2) is 39.0 Å². The van der Waals surface area contributed by atoms with Crippen LogP contribution in [0.3, 0.4) is 0 Å². The topological polar surface area (TPSA) is 69.7 Å². The molecule has 1 aliphatic carbocycles. The van der Waals surface area contributed by atoms with Crippen molar-refractivity contribution in [2.75, 3.05) is 13.2 Å². The predicted octanol–water partition coefficient (Wildman–Crippen LogP) is 2.12. The highest BCUT2D eigenvalue weighted by Crippen LogP contribution is 2.33. The van der Waals surface area contributed by atoms with Gasteiger partial charge in [-0.25, -0.2) is 0 Å². The highest BCUT2D eigenvalue weighted by molar-refractivity contribution is 6.87. The molecule has 1 rings (SSSR count). The molecule has 0 aromatic rings. The quantitative estimate of drug-likeness (QED) is 0.442. The van der Waals surface area contributed by atoms with Crippen molar-refractivity contribution >= 4 is 25.8 Å². The maximum Gasteiger partial charge on any atom is 0.317 e. The Kier molecular flexibility index (Phi) is 5.89. The second-order valence-electron chi connectivity index (χ2n) is 6.06. The van der Waals surface area contributed by atoms with E-state index in [0.29, 0.717) is 11.6 Å². The van der Waals surface area contributed by atoms with E-state index in [4.69, 9.17) is 9.47 Å². The van der Waals surface area contributed by atoms with Crippen LogP contribution in [0.25, 0.3) is 0 Å². The van der Waals surface area contributed by atoms with Gasteiger partial charge in [0.2, 0.25) is 0 Å². The van der Waals surface area contributed by atoms with Gasteiger partial charge in [-0.05, 0) is 25.5 Å². The average molecular weight is 312 g/mol. The second kappa shape index (κ2) is 7.02. The number of allylic oxidation sites excluding steroid dienone is 2. The first-order valence-corrected chi connectivity index (χ1v) is 10.8. The van der Waals surface area contributed by atoms with Crippen molar-refractivity contribution in [3.05, 3.63) is 11.3 Å². The van der Waals surface area contributed by atoms with E-state index in [1.54, 1.807) is 13.8 Å². The monoisotopic (exact) mass is 312 g/mol. The number of rotatable bonds is 5. The van der Waals surface area contributed by atoms with Gasteiger partial charge in [0.05, 0.1) is 27.2 Å². The number of carbonyl (C=O) groups excluding carboxylic acids is 3. The number of hydrogen-bond acceptors (Lipinski definition) is 5. The van der Waals surface area contributed by atoms with E-state index in [1.807, 2.05) is 25.7 Å². The number of hydrogen-bond donors (Lipinski definition) is 0. The molecule has 0 aromatic heterocycles. The lowest BCUT2D eigenvalue weighted by atomic mass is 9.82. The lowest BCUT2D eigenvalue weighted by molar-refractivity contribution is -0.163.